The molecule has 1 heterocycles. The van der Waals surface area contributed by atoms with Crippen LogP contribution < -0.4 is 5.32 Å². The third-order valence-corrected chi connectivity index (χ3v) is 3.63. The van der Waals surface area contributed by atoms with Gasteiger partial charge in [-0.3, -0.25) is 0 Å². The SMILES string of the molecule is CC(C)c1ccc(C2CNCCO2)cc1Br. The lowest BCUT2D eigenvalue weighted by atomic mass is 9.99. The van der Waals surface area contributed by atoms with Gasteiger partial charge in [0.1, 0.15) is 0 Å². The molecule has 2 nitrogen and oxygen atoms in total. The molecule has 0 radical (unpaired) electrons. The summed E-state index contributed by atoms with van der Waals surface area (Å²) < 4.78 is 6.93. The third-order valence-electron chi connectivity index (χ3n) is 2.95. The van der Waals surface area contributed by atoms with Gasteiger partial charge in [-0.1, -0.05) is 41.9 Å². The maximum Gasteiger partial charge on any atom is 0.0950 e. The Kier molecular flexibility index (Phi) is 4.00. The van der Waals surface area contributed by atoms with E-state index in [2.05, 4.69) is 53.3 Å². The summed E-state index contributed by atoms with van der Waals surface area (Å²) >= 11 is 3.64. The largest absolute Gasteiger partial charge is 0.371 e. The van der Waals surface area contributed by atoms with Crippen molar-refractivity contribution in [3.63, 3.8) is 0 Å². The van der Waals surface area contributed by atoms with Gasteiger partial charge < -0.3 is 10.1 Å². The predicted molar refractivity (Wildman–Crippen MR) is 69.8 cm³/mol. The molecule has 1 fully saturated rings. The Hall–Kier alpha value is -0.380. The lowest BCUT2D eigenvalue weighted by molar-refractivity contribution is 0.0276. The van der Waals surface area contributed by atoms with Gasteiger partial charge in [-0.15, -0.1) is 0 Å². The summed E-state index contributed by atoms with van der Waals surface area (Å²) in [6.07, 6.45) is 0.200. The minimum Gasteiger partial charge on any atom is -0.371 e. The van der Waals surface area contributed by atoms with Gasteiger partial charge in [0.25, 0.3) is 0 Å². The van der Waals surface area contributed by atoms with Gasteiger partial charge >= 0.3 is 0 Å². The normalized spacial score (nSPS) is 21.4. The van der Waals surface area contributed by atoms with Crippen molar-refractivity contribution in [1.82, 2.24) is 5.32 Å². The Morgan fingerprint density at radius 3 is 2.81 bits per heavy atom. The fraction of sp³-hybridized carbons (Fsp3) is 0.538. The summed E-state index contributed by atoms with van der Waals surface area (Å²) in [5, 5.41) is 3.35. The average Bonchev–Trinajstić information content (AvgIpc) is 2.29. The van der Waals surface area contributed by atoms with E-state index >= 15 is 0 Å². The molecule has 2 rings (SSSR count). The van der Waals surface area contributed by atoms with Gasteiger partial charge in [0, 0.05) is 17.6 Å². The van der Waals surface area contributed by atoms with E-state index in [1.165, 1.54) is 15.6 Å². The van der Waals surface area contributed by atoms with Gasteiger partial charge in [0.2, 0.25) is 0 Å². The standard InChI is InChI=1S/C13H18BrNO/c1-9(2)11-4-3-10(7-12(11)14)13-8-15-5-6-16-13/h3-4,7,9,13,15H,5-6,8H2,1-2H3. The molecule has 1 aliphatic heterocycles. The van der Waals surface area contributed by atoms with Crippen molar-refractivity contribution >= 4 is 15.9 Å². The van der Waals surface area contributed by atoms with Gasteiger partial charge in [-0.2, -0.15) is 0 Å². The van der Waals surface area contributed by atoms with Gasteiger partial charge in [-0.05, 0) is 23.1 Å². The second-order valence-electron chi connectivity index (χ2n) is 4.50. The number of halogens is 1. The molecule has 1 aliphatic rings. The van der Waals surface area contributed by atoms with Gasteiger partial charge in [0.15, 0.2) is 0 Å². The van der Waals surface area contributed by atoms with Crippen molar-refractivity contribution in [2.75, 3.05) is 19.7 Å². The molecule has 0 spiro atoms. The van der Waals surface area contributed by atoms with Crippen LogP contribution in [0.25, 0.3) is 0 Å². The molecule has 0 bridgehead atoms. The molecule has 0 aromatic heterocycles. The summed E-state index contributed by atoms with van der Waals surface area (Å²) in [7, 11) is 0. The van der Waals surface area contributed by atoms with Crippen molar-refractivity contribution in [1.29, 1.82) is 0 Å². The Balaban J connectivity index is 2.19. The molecule has 0 aliphatic carbocycles. The number of benzene rings is 1. The molecule has 0 amide bonds. The van der Waals surface area contributed by atoms with Crippen LogP contribution in [0.15, 0.2) is 22.7 Å². The van der Waals surface area contributed by atoms with Crippen LogP contribution >= 0.6 is 15.9 Å². The molecule has 16 heavy (non-hydrogen) atoms. The zero-order chi connectivity index (χ0) is 11.5. The topological polar surface area (TPSA) is 21.3 Å². The van der Waals surface area contributed by atoms with Crippen molar-refractivity contribution in [3.05, 3.63) is 33.8 Å². The fourth-order valence-electron chi connectivity index (χ4n) is 1.99. The number of hydrogen-bond acceptors (Lipinski definition) is 2. The van der Waals surface area contributed by atoms with E-state index in [1.807, 2.05) is 0 Å². The number of nitrogens with one attached hydrogen (secondary N) is 1. The number of rotatable bonds is 2. The molecular formula is C13H18BrNO. The van der Waals surface area contributed by atoms with E-state index in [-0.39, 0.29) is 6.10 Å². The first-order valence-corrected chi connectivity index (χ1v) is 6.59. The van der Waals surface area contributed by atoms with Gasteiger partial charge in [0.05, 0.1) is 12.7 Å². The van der Waals surface area contributed by atoms with Crippen molar-refractivity contribution in [2.24, 2.45) is 0 Å². The molecule has 88 valence electrons. The maximum atomic E-state index is 5.74. The Morgan fingerprint density at radius 1 is 1.44 bits per heavy atom. The van der Waals surface area contributed by atoms with Crippen molar-refractivity contribution in [2.45, 2.75) is 25.9 Å². The Labute approximate surface area is 106 Å². The van der Waals surface area contributed by atoms with E-state index in [0.29, 0.717) is 5.92 Å². The molecule has 3 heteroatoms. The molecule has 1 aromatic rings. The highest BCUT2D eigenvalue weighted by Crippen LogP contribution is 2.29. The van der Waals surface area contributed by atoms with Crippen LogP contribution in [0.1, 0.15) is 37.0 Å². The van der Waals surface area contributed by atoms with Crippen LogP contribution in [0.4, 0.5) is 0 Å². The zero-order valence-electron chi connectivity index (χ0n) is 9.79. The molecule has 1 unspecified atom stereocenters. The minimum atomic E-state index is 0.200. The van der Waals surface area contributed by atoms with E-state index < -0.39 is 0 Å². The molecular weight excluding hydrogens is 266 g/mol. The highest BCUT2D eigenvalue weighted by Gasteiger charge is 2.16. The monoisotopic (exact) mass is 283 g/mol. The highest BCUT2D eigenvalue weighted by atomic mass is 79.9. The second-order valence-corrected chi connectivity index (χ2v) is 5.35. The summed E-state index contributed by atoms with van der Waals surface area (Å²) in [5.41, 5.74) is 2.61. The molecule has 1 atom stereocenters. The van der Waals surface area contributed by atoms with Crippen LogP contribution in [0.5, 0.6) is 0 Å². The molecule has 1 aromatic carbocycles. The second kappa shape index (κ2) is 5.30. The first-order valence-electron chi connectivity index (χ1n) is 5.80. The van der Waals surface area contributed by atoms with Crippen LogP contribution in [-0.4, -0.2) is 19.7 Å². The van der Waals surface area contributed by atoms with Crippen molar-refractivity contribution in [3.8, 4) is 0 Å². The van der Waals surface area contributed by atoms with Crippen molar-refractivity contribution < 1.29 is 4.74 Å². The van der Waals surface area contributed by atoms with E-state index in [1.54, 1.807) is 0 Å². The summed E-state index contributed by atoms with van der Waals surface area (Å²) in [5.74, 6) is 0.550. The quantitative estimate of drug-likeness (QED) is 0.900. The average molecular weight is 284 g/mol. The molecule has 0 saturated carbocycles. The third kappa shape index (κ3) is 2.65. The van der Waals surface area contributed by atoms with Crippen LogP contribution in [0, 0.1) is 0 Å². The van der Waals surface area contributed by atoms with E-state index in [0.717, 1.165) is 19.7 Å². The lowest BCUT2D eigenvalue weighted by Gasteiger charge is -2.24. The maximum absolute atomic E-state index is 5.74. The highest BCUT2D eigenvalue weighted by molar-refractivity contribution is 9.10. The minimum absolute atomic E-state index is 0.200. The summed E-state index contributed by atoms with van der Waals surface area (Å²) in [6.45, 7) is 7.08. The fourth-order valence-corrected chi connectivity index (χ4v) is 2.85. The first-order chi connectivity index (χ1) is 7.68. The van der Waals surface area contributed by atoms with Crippen LogP contribution in [0.3, 0.4) is 0 Å². The Morgan fingerprint density at radius 2 is 2.25 bits per heavy atom. The van der Waals surface area contributed by atoms with Gasteiger partial charge in [-0.25, -0.2) is 0 Å². The summed E-state index contributed by atoms with van der Waals surface area (Å²) in [4.78, 5) is 0. The lowest BCUT2D eigenvalue weighted by Crippen LogP contribution is -2.33. The predicted octanol–water partition coefficient (Wildman–Crippen LogP) is 3.23. The number of ether oxygens (including phenoxy) is 1. The number of morpholine rings is 1. The number of hydrogen-bond donors (Lipinski definition) is 1. The zero-order valence-corrected chi connectivity index (χ0v) is 11.4. The van der Waals surface area contributed by atoms with Crippen LogP contribution in [0.2, 0.25) is 0 Å². The first kappa shape index (κ1) is 12.1. The Bertz CT molecular complexity index is 359. The smallest absolute Gasteiger partial charge is 0.0950 e. The van der Waals surface area contributed by atoms with E-state index in [4.69, 9.17) is 4.74 Å². The van der Waals surface area contributed by atoms with E-state index in [9.17, 15) is 0 Å². The van der Waals surface area contributed by atoms with Crippen LogP contribution in [-0.2, 0) is 4.74 Å². The summed E-state index contributed by atoms with van der Waals surface area (Å²) in [6, 6.07) is 6.56. The molecule has 1 saturated heterocycles. The molecule has 1 N–H and O–H groups in total.